The molecular formula is C19H17ClN4O3S2. The molecule has 0 unspecified atom stereocenters. The molecule has 0 aliphatic carbocycles. The number of aryl methyl sites for hydroxylation is 1. The van der Waals surface area contributed by atoms with Gasteiger partial charge < -0.3 is 10.1 Å². The number of amides is 1. The van der Waals surface area contributed by atoms with Crippen LogP contribution in [-0.2, 0) is 9.53 Å². The van der Waals surface area contributed by atoms with Gasteiger partial charge in [0.05, 0.1) is 23.7 Å². The Bertz CT molecular complexity index is 1010. The first kappa shape index (κ1) is 21.2. The van der Waals surface area contributed by atoms with Crippen molar-refractivity contribution in [1.82, 2.24) is 15.2 Å². The van der Waals surface area contributed by atoms with E-state index in [-0.39, 0.29) is 18.3 Å². The van der Waals surface area contributed by atoms with Crippen LogP contribution in [0.2, 0.25) is 5.02 Å². The Balaban J connectivity index is 1.55. The van der Waals surface area contributed by atoms with Crippen molar-refractivity contribution in [3.05, 3.63) is 52.0 Å². The molecule has 2 aromatic heterocycles. The van der Waals surface area contributed by atoms with Gasteiger partial charge in [-0.2, -0.15) is 0 Å². The van der Waals surface area contributed by atoms with Gasteiger partial charge in [-0.25, -0.2) is 9.78 Å². The van der Waals surface area contributed by atoms with E-state index >= 15 is 0 Å². The van der Waals surface area contributed by atoms with Crippen LogP contribution in [0.3, 0.4) is 0 Å². The van der Waals surface area contributed by atoms with Gasteiger partial charge in [0.15, 0.2) is 5.13 Å². The molecule has 10 heteroatoms. The van der Waals surface area contributed by atoms with Gasteiger partial charge in [0, 0.05) is 10.6 Å². The molecule has 3 rings (SSSR count). The summed E-state index contributed by atoms with van der Waals surface area (Å²) in [6.07, 6.45) is 0. The number of nitrogens with one attached hydrogen (secondary N) is 1. The fourth-order valence-corrected chi connectivity index (χ4v) is 3.92. The second-order valence-electron chi connectivity index (χ2n) is 5.75. The SMILES string of the molecule is CCOC(=O)c1sc(NC(=O)CSc2ccc(-c3ccc(Cl)cc3)nn2)nc1C. The number of carbonyl (C=O) groups is 2. The highest BCUT2D eigenvalue weighted by Crippen LogP contribution is 2.25. The molecule has 2 heterocycles. The Hall–Kier alpha value is -2.49. The number of thioether (sulfide) groups is 1. The first-order valence-electron chi connectivity index (χ1n) is 8.63. The number of halogens is 1. The van der Waals surface area contributed by atoms with E-state index in [0.29, 0.717) is 25.8 Å². The highest BCUT2D eigenvalue weighted by atomic mass is 35.5. The van der Waals surface area contributed by atoms with Gasteiger partial charge in [-0.05, 0) is 38.1 Å². The summed E-state index contributed by atoms with van der Waals surface area (Å²) in [7, 11) is 0. The first-order valence-corrected chi connectivity index (χ1v) is 10.8. The van der Waals surface area contributed by atoms with Crippen molar-refractivity contribution in [2.75, 3.05) is 17.7 Å². The fourth-order valence-electron chi connectivity index (χ4n) is 2.30. The zero-order chi connectivity index (χ0) is 20.8. The molecule has 0 bridgehead atoms. The summed E-state index contributed by atoms with van der Waals surface area (Å²) in [5.74, 6) is -0.543. The molecule has 1 N–H and O–H groups in total. The fraction of sp³-hybridized carbons (Fsp3) is 0.211. The van der Waals surface area contributed by atoms with E-state index in [0.717, 1.165) is 22.6 Å². The molecule has 0 saturated carbocycles. The van der Waals surface area contributed by atoms with Crippen LogP contribution < -0.4 is 5.32 Å². The van der Waals surface area contributed by atoms with Gasteiger partial charge in [-0.3, -0.25) is 4.79 Å². The Morgan fingerprint density at radius 1 is 1.17 bits per heavy atom. The highest BCUT2D eigenvalue weighted by molar-refractivity contribution is 7.99. The van der Waals surface area contributed by atoms with Crippen LogP contribution in [0, 0.1) is 6.92 Å². The lowest BCUT2D eigenvalue weighted by atomic mass is 10.1. The molecule has 7 nitrogen and oxygen atoms in total. The van der Waals surface area contributed by atoms with Crippen LogP contribution >= 0.6 is 34.7 Å². The second kappa shape index (κ2) is 9.82. The summed E-state index contributed by atoms with van der Waals surface area (Å²) in [6.45, 7) is 3.72. The van der Waals surface area contributed by atoms with Gasteiger partial charge in [-0.15, -0.1) is 10.2 Å². The number of aromatic nitrogens is 3. The smallest absolute Gasteiger partial charge is 0.350 e. The third-order valence-electron chi connectivity index (χ3n) is 3.63. The second-order valence-corrected chi connectivity index (χ2v) is 8.19. The van der Waals surface area contributed by atoms with Gasteiger partial charge in [0.2, 0.25) is 5.91 Å². The maximum atomic E-state index is 12.2. The Kier molecular flexibility index (Phi) is 7.18. The molecule has 29 heavy (non-hydrogen) atoms. The summed E-state index contributed by atoms with van der Waals surface area (Å²) < 4.78 is 4.97. The predicted octanol–water partition coefficient (Wildman–Crippen LogP) is 4.47. The molecular weight excluding hydrogens is 432 g/mol. The number of hydrogen-bond acceptors (Lipinski definition) is 8. The number of anilines is 1. The van der Waals surface area contributed by atoms with Crippen LogP contribution in [0.5, 0.6) is 0 Å². The quantitative estimate of drug-likeness (QED) is 0.421. The predicted molar refractivity (Wildman–Crippen MR) is 115 cm³/mol. The monoisotopic (exact) mass is 448 g/mol. The lowest BCUT2D eigenvalue weighted by Gasteiger charge is -2.03. The summed E-state index contributed by atoms with van der Waals surface area (Å²) >= 11 is 8.24. The molecule has 3 aromatic rings. The van der Waals surface area contributed by atoms with Crippen molar-refractivity contribution in [3.8, 4) is 11.3 Å². The third-order valence-corrected chi connectivity index (χ3v) is 5.86. The largest absolute Gasteiger partial charge is 0.462 e. The summed E-state index contributed by atoms with van der Waals surface area (Å²) in [4.78, 5) is 28.6. The van der Waals surface area contributed by atoms with Gasteiger partial charge in [0.25, 0.3) is 0 Å². The van der Waals surface area contributed by atoms with Gasteiger partial charge >= 0.3 is 5.97 Å². The molecule has 0 atom stereocenters. The average Bonchev–Trinajstić information content (AvgIpc) is 3.08. The molecule has 1 amide bonds. The lowest BCUT2D eigenvalue weighted by molar-refractivity contribution is -0.113. The van der Waals surface area contributed by atoms with E-state index in [4.69, 9.17) is 16.3 Å². The van der Waals surface area contributed by atoms with Crippen LogP contribution in [-0.4, -0.2) is 39.4 Å². The average molecular weight is 449 g/mol. The van der Waals surface area contributed by atoms with Crippen LogP contribution in [0.25, 0.3) is 11.3 Å². The molecule has 0 saturated heterocycles. The summed E-state index contributed by atoms with van der Waals surface area (Å²) in [5.41, 5.74) is 2.16. The number of nitrogens with zero attached hydrogens (tertiary/aromatic N) is 3. The normalized spacial score (nSPS) is 10.6. The minimum Gasteiger partial charge on any atom is -0.462 e. The Labute approximate surface area is 180 Å². The molecule has 1 aromatic carbocycles. The summed E-state index contributed by atoms with van der Waals surface area (Å²) in [5, 5.41) is 12.7. The molecule has 0 radical (unpaired) electrons. The zero-order valence-electron chi connectivity index (χ0n) is 15.6. The maximum absolute atomic E-state index is 12.2. The van der Waals surface area contributed by atoms with Crippen LogP contribution in [0.1, 0.15) is 22.3 Å². The van der Waals surface area contributed by atoms with Crippen molar-refractivity contribution in [1.29, 1.82) is 0 Å². The van der Waals surface area contributed by atoms with Crippen molar-refractivity contribution in [3.63, 3.8) is 0 Å². The number of carbonyl (C=O) groups excluding carboxylic acids is 2. The van der Waals surface area contributed by atoms with E-state index in [1.165, 1.54) is 11.8 Å². The summed E-state index contributed by atoms with van der Waals surface area (Å²) in [6, 6.07) is 11.0. The lowest BCUT2D eigenvalue weighted by Crippen LogP contribution is -2.14. The molecule has 150 valence electrons. The highest BCUT2D eigenvalue weighted by Gasteiger charge is 2.17. The zero-order valence-corrected chi connectivity index (χ0v) is 18.0. The van der Waals surface area contributed by atoms with E-state index in [1.54, 1.807) is 32.0 Å². The minimum absolute atomic E-state index is 0.141. The van der Waals surface area contributed by atoms with E-state index < -0.39 is 5.97 Å². The molecule has 0 fully saturated rings. The first-order chi connectivity index (χ1) is 14.0. The number of thiazole rings is 1. The van der Waals surface area contributed by atoms with Crippen LogP contribution in [0.4, 0.5) is 5.13 Å². The number of esters is 1. The van der Waals surface area contributed by atoms with E-state index in [1.807, 2.05) is 18.2 Å². The minimum atomic E-state index is -0.437. The van der Waals surface area contributed by atoms with E-state index in [9.17, 15) is 9.59 Å². The number of ether oxygens (including phenoxy) is 1. The number of rotatable bonds is 7. The van der Waals surface area contributed by atoms with Crippen LogP contribution in [0.15, 0.2) is 41.4 Å². The van der Waals surface area contributed by atoms with E-state index in [2.05, 4.69) is 20.5 Å². The van der Waals surface area contributed by atoms with Crippen molar-refractivity contribution >= 4 is 51.7 Å². The Morgan fingerprint density at radius 3 is 2.59 bits per heavy atom. The third kappa shape index (κ3) is 5.75. The molecule has 0 spiro atoms. The standard InChI is InChI=1S/C19H17ClN4O3S2/c1-3-27-18(26)17-11(2)21-19(29-17)22-15(25)10-28-16-9-8-14(23-24-16)12-4-6-13(20)7-5-12/h4-9H,3,10H2,1-2H3,(H,21,22,25). The topological polar surface area (TPSA) is 94.1 Å². The maximum Gasteiger partial charge on any atom is 0.350 e. The van der Waals surface area contributed by atoms with Crippen molar-refractivity contribution in [2.24, 2.45) is 0 Å². The molecule has 0 aliphatic heterocycles. The van der Waals surface area contributed by atoms with Gasteiger partial charge in [0.1, 0.15) is 9.90 Å². The van der Waals surface area contributed by atoms with Gasteiger partial charge in [-0.1, -0.05) is 46.8 Å². The number of benzene rings is 1. The molecule has 0 aliphatic rings. The number of hydrogen-bond donors (Lipinski definition) is 1. The Morgan fingerprint density at radius 2 is 1.93 bits per heavy atom. The van der Waals surface area contributed by atoms with Crippen molar-refractivity contribution in [2.45, 2.75) is 18.9 Å². The van der Waals surface area contributed by atoms with Crippen molar-refractivity contribution < 1.29 is 14.3 Å².